The van der Waals surface area contributed by atoms with Crippen molar-refractivity contribution in [1.29, 1.82) is 0 Å². The van der Waals surface area contributed by atoms with Crippen LogP contribution < -0.4 is 16.0 Å². The number of amides is 1. The maximum Gasteiger partial charge on any atom is 0.251 e. The molecule has 1 aromatic carbocycles. The summed E-state index contributed by atoms with van der Waals surface area (Å²) in [7, 11) is 1.75. The van der Waals surface area contributed by atoms with E-state index < -0.39 is 0 Å². The normalized spacial score (nSPS) is 26.6. The van der Waals surface area contributed by atoms with E-state index in [2.05, 4.69) is 34.8 Å². The van der Waals surface area contributed by atoms with Gasteiger partial charge < -0.3 is 25.8 Å². The minimum atomic E-state index is -0.166. The van der Waals surface area contributed by atoms with E-state index in [1.54, 1.807) is 19.2 Å². The molecule has 7 heteroatoms. The van der Waals surface area contributed by atoms with Crippen molar-refractivity contribution in [2.75, 3.05) is 26.7 Å². The number of hydrogen-bond acceptors (Lipinski definition) is 4. The number of benzene rings is 1. The minimum absolute atomic E-state index is 0.0892. The van der Waals surface area contributed by atoms with Crippen LogP contribution in [0.5, 0.6) is 5.75 Å². The Labute approximate surface area is 154 Å². The zero-order valence-corrected chi connectivity index (χ0v) is 15.6. The lowest BCUT2D eigenvalue weighted by molar-refractivity contribution is -0.106. The molecule has 1 aliphatic heterocycles. The van der Waals surface area contributed by atoms with Crippen LogP contribution in [0.3, 0.4) is 0 Å². The number of phenolic OH excluding ortho intramolecular Hbond substituents is 1. The van der Waals surface area contributed by atoms with Crippen molar-refractivity contribution >= 4 is 11.9 Å². The molecular formula is C19H28N4O3. The number of hydrogen-bond donors (Lipinski definition) is 4. The molecule has 4 N–H and O–H groups in total. The highest BCUT2D eigenvalue weighted by Gasteiger charge is 2.59. The van der Waals surface area contributed by atoms with E-state index in [9.17, 15) is 9.90 Å². The summed E-state index contributed by atoms with van der Waals surface area (Å²) in [6.45, 7) is 6.34. The summed E-state index contributed by atoms with van der Waals surface area (Å²) in [5, 5.41) is 18.9. The van der Waals surface area contributed by atoms with Gasteiger partial charge in [0.2, 0.25) is 0 Å². The van der Waals surface area contributed by atoms with E-state index in [0.29, 0.717) is 36.7 Å². The molecule has 1 saturated carbocycles. The molecule has 7 nitrogen and oxygen atoms in total. The number of fused-ring (bicyclic) bond motifs is 1. The Balaban J connectivity index is 1.42. The second-order valence-electron chi connectivity index (χ2n) is 7.49. The lowest BCUT2D eigenvalue weighted by atomic mass is 9.57. The third kappa shape index (κ3) is 3.62. The molecular weight excluding hydrogens is 332 g/mol. The van der Waals surface area contributed by atoms with Crippen molar-refractivity contribution in [3.8, 4) is 5.75 Å². The van der Waals surface area contributed by atoms with E-state index in [1.165, 1.54) is 12.1 Å². The Morgan fingerprint density at radius 2 is 1.96 bits per heavy atom. The predicted octanol–water partition coefficient (Wildman–Crippen LogP) is 1.10. The van der Waals surface area contributed by atoms with Crippen LogP contribution in [0.4, 0.5) is 0 Å². The first-order valence-electron chi connectivity index (χ1n) is 9.09. The molecule has 2 fully saturated rings. The average molecular weight is 360 g/mol. The Bertz CT molecular complexity index is 672. The van der Waals surface area contributed by atoms with Gasteiger partial charge in [0.05, 0.1) is 6.10 Å². The topological polar surface area (TPSA) is 95.0 Å². The van der Waals surface area contributed by atoms with E-state index in [0.717, 1.165) is 19.0 Å². The van der Waals surface area contributed by atoms with E-state index in [-0.39, 0.29) is 17.1 Å². The van der Waals surface area contributed by atoms with Gasteiger partial charge in [0.1, 0.15) is 5.75 Å². The third-order valence-corrected chi connectivity index (χ3v) is 5.45. The van der Waals surface area contributed by atoms with Gasteiger partial charge in [-0.15, -0.1) is 0 Å². The number of ether oxygens (including phenoxy) is 1. The average Bonchev–Trinajstić information content (AvgIpc) is 3.08. The van der Waals surface area contributed by atoms with E-state index in [1.807, 2.05) is 0 Å². The molecule has 1 aliphatic carbocycles. The summed E-state index contributed by atoms with van der Waals surface area (Å²) < 4.78 is 5.82. The van der Waals surface area contributed by atoms with Crippen molar-refractivity contribution in [2.45, 2.75) is 32.4 Å². The lowest BCUT2D eigenvalue weighted by Gasteiger charge is -2.54. The fraction of sp³-hybridized carbons (Fsp3) is 0.579. The number of rotatable bonds is 5. The maximum absolute atomic E-state index is 12.0. The maximum atomic E-state index is 12.0. The van der Waals surface area contributed by atoms with Gasteiger partial charge in [0, 0.05) is 49.7 Å². The molecule has 1 aromatic rings. The molecule has 1 heterocycles. The second kappa shape index (κ2) is 7.53. The monoisotopic (exact) mass is 360 g/mol. The number of phenols is 1. The number of carbonyl (C=O) groups is 1. The Morgan fingerprint density at radius 3 is 2.65 bits per heavy atom. The van der Waals surface area contributed by atoms with E-state index in [4.69, 9.17) is 4.74 Å². The first kappa shape index (κ1) is 18.5. The van der Waals surface area contributed by atoms with Gasteiger partial charge in [0.15, 0.2) is 5.96 Å². The van der Waals surface area contributed by atoms with Crippen molar-refractivity contribution < 1.29 is 14.6 Å². The van der Waals surface area contributed by atoms with Crippen LogP contribution in [0.15, 0.2) is 29.3 Å². The molecule has 142 valence electrons. The van der Waals surface area contributed by atoms with Gasteiger partial charge in [-0.25, -0.2) is 0 Å². The molecule has 3 rings (SSSR count). The highest BCUT2D eigenvalue weighted by atomic mass is 16.5. The Kier molecular flexibility index (Phi) is 5.36. The molecule has 0 radical (unpaired) electrons. The number of nitrogens with one attached hydrogen (secondary N) is 3. The minimum Gasteiger partial charge on any atom is -0.508 e. The van der Waals surface area contributed by atoms with Gasteiger partial charge in [-0.05, 0) is 30.7 Å². The summed E-state index contributed by atoms with van der Waals surface area (Å²) in [6, 6.07) is 6.53. The number of nitrogens with zero attached hydrogens (tertiary/aromatic N) is 1. The van der Waals surface area contributed by atoms with Crippen LogP contribution in [-0.4, -0.2) is 55.9 Å². The van der Waals surface area contributed by atoms with Crippen LogP contribution >= 0.6 is 0 Å². The van der Waals surface area contributed by atoms with Crippen molar-refractivity contribution in [3.05, 3.63) is 29.8 Å². The lowest BCUT2D eigenvalue weighted by Crippen LogP contribution is -2.68. The first-order valence-corrected chi connectivity index (χ1v) is 9.09. The fourth-order valence-corrected chi connectivity index (χ4v) is 4.03. The number of carbonyl (C=O) groups excluding carboxylic acids is 1. The quantitative estimate of drug-likeness (QED) is 0.358. The SMILES string of the molecule is CN=C(NCCNC(=O)c1ccc(O)cc1)NC1C2CCOC2C1(C)C. The molecule has 1 amide bonds. The van der Waals surface area contributed by atoms with Crippen LogP contribution in [0.2, 0.25) is 0 Å². The van der Waals surface area contributed by atoms with Crippen LogP contribution in [-0.2, 0) is 4.74 Å². The number of guanidine groups is 1. The van der Waals surface area contributed by atoms with Gasteiger partial charge in [0.25, 0.3) is 5.91 Å². The molecule has 3 atom stereocenters. The fourth-order valence-electron chi connectivity index (χ4n) is 4.03. The van der Waals surface area contributed by atoms with Gasteiger partial charge in [-0.1, -0.05) is 13.8 Å². The summed E-state index contributed by atoms with van der Waals surface area (Å²) >= 11 is 0. The summed E-state index contributed by atoms with van der Waals surface area (Å²) in [6.07, 6.45) is 1.42. The second-order valence-corrected chi connectivity index (χ2v) is 7.49. The van der Waals surface area contributed by atoms with Gasteiger partial charge in [-0.2, -0.15) is 0 Å². The van der Waals surface area contributed by atoms with Crippen molar-refractivity contribution in [1.82, 2.24) is 16.0 Å². The number of aliphatic imine (C=N–C) groups is 1. The van der Waals surface area contributed by atoms with Crippen molar-refractivity contribution in [2.24, 2.45) is 16.3 Å². The summed E-state index contributed by atoms with van der Waals surface area (Å²) in [5.74, 6) is 1.26. The third-order valence-electron chi connectivity index (χ3n) is 5.45. The van der Waals surface area contributed by atoms with Gasteiger partial charge in [-0.3, -0.25) is 9.79 Å². The molecule has 0 spiro atoms. The van der Waals surface area contributed by atoms with Gasteiger partial charge >= 0.3 is 0 Å². The van der Waals surface area contributed by atoms with E-state index >= 15 is 0 Å². The summed E-state index contributed by atoms with van der Waals surface area (Å²) in [5.41, 5.74) is 0.611. The highest BCUT2D eigenvalue weighted by molar-refractivity contribution is 5.94. The molecule has 0 aromatic heterocycles. The number of aromatic hydroxyl groups is 1. The zero-order chi connectivity index (χ0) is 18.7. The molecule has 1 saturated heterocycles. The predicted molar refractivity (Wildman–Crippen MR) is 100 cm³/mol. The smallest absolute Gasteiger partial charge is 0.251 e. The Hall–Kier alpha value is -2.28. The molecule has 0 bridgehead atoms. The first-order chi connectivity index (χ1) is 12.4. The highest BCUT2D eigenvalue weighted by Crippen LogP contribution is 2.52. The molecule has 26 heavy (non-hydrogen) atoms. The van der Waals surface area contributed by atoms with Crippen LogP contribution in [0.25, 0.3) is 0 Å². The largest absolute Gasteiger partial charge is 0.508 e. The molecule has 3 unspecified atom stereocenters. The molecule has 2 aliphatic rings. The Morgan fingerprint density at radius 1 is 1.27 bits per heavy atom. The van der Waals surface area contributed by atoms with Crippen molar-refractivity contribution in [3.63, 3.8) is 0 Å². The zero-order valence-electron chi connectivity index (χ0n) is 15.6. The van der Waals surface area contributed by atoms with Crippen LogP contribution in [0.1, 0.15) is 30.6 Å². The summed E-state index contributed by atoms with van der Waals surface area (Å²) in [4.78, 5) is 16.3. The van der Waals surface area contributed by atoms with Crippen LogP contribution in [0, 0.1) is 11.3 Å². The standard InChI is InChI=1S/C19H28N4O3/c1-19(2)15(14-8-11-26-16(14)19)23-18(20-3)22-10-9-21-17(25)12-4-6-13(24)7-5-12/h4-7,14-16,24H,8-11H2,1-3H3,(H,21,25)(H2,20,22,23).